The summed E-state index contributed by atoms with van der Waals surface area (Å²) in [6.07, 6.45) is 4.71. The third-order valence-electron chi connectivity index (χ3n) is 4.80. The van der Waals surface area contributed by atoms with Gasteiger partial charge < -0.3 is 11.1 Å². The zero-order valence-corrected chi connectivity index (χ0v) is 13.7. The molecule has 2 rings (SSSR count). The molecule has 3 N–H and O–H groups in total. The Morgan fingerprint density at radius 2 is 1.95 bits per heavy atom. The average Bonchev–Trinajstić information content (AvgIpc) is 2.50. The van der Waals surface area contributed by atoms with E-state index in [0.29, 0.717) is 17.4 Å². The van der Waals surface area contributed by atoms with E-state index >= 15 is 0 Å². The van der Waals surface area contributed by atoms with Gasteiger partial charge in [-0.3, -0.25) is 0 Å². The van der Waals surface area contributed by atoms with Crippen molar-refractivity contribution in [3.05, 3.63) is 24.3 Å². The van der Waals surface area contributed by atoms with Crippen LogP contribution < -0.4 is 11.1 Å². The number of hydrogen-bond acceptors (Lipinski definition) is 4. The molecule has 0 aliphatic heterocycles. The summed E-state index contributed by atoms with van der Waals surface area (Å²) in [4.78, 5) is 0.383. The van der Waals surface area contributed by atoms with Crippen LogP contribution >= 0.6 is 0 Å². The van der Waals surface area contributed by atoms with Gasteiger partial charge in [-0.15, -0.1) is 0 Å². The SMILES string of the molecule is CCS(=O)(=O)c1ccc(NC2(CN)CCCCC2C)cc1. The third-order valence-corrected chi connectivity index (χ3v) is 6.55. The number of nitrogens with one attached hydrogen (secondary N) is 1. The molecule has 0 heterocycles. The van der Waals surface area contributed by atoms with Crippen LogP contribution in [0.25, 0.3) is 0 Å². The van der Waals surface area contributed by atoms with Crippen LogP contribution in [0.4, 0.5) is 5.69 Å². The third kappa shape index (κ3) is 3.40. The van der Waals surface area contributed by atoms with Gasteiger partial charge in [0.2, 0.25) is 0 Å². The van der Waals surface area contributed by atoms with Crippen molar-refractivity contribution < 1.29 is 8.42 Å². The minimum Gasteiger partial charge on any atom is -0.378 e. The molecule has 0 amide bonds. The van der Waals surface area contributed by atoms with E-state index < -0.39 is 9.84 Å². The maximum atomic E-state index is 11.8. The average molecular weight is 310 g/mol. The largest absolute Gasteiger partial charge is 0.378 e. The van der Waals surface area contributed by atoms with Crippen LogP contribution in [0.15, 0.2) is 29.2 Å². The molecule has 21 heavy (non-hydrogen) atoms. The Bertz CT molecular complexity index is 568. The molecule has 1 aliphatic rings. The van der Waals surface area contributed by atoms with Crippen LogP contribution in [-0.2, 0) is 9.84 Å². The van der Waals surface area contributed by atoms with Crippen LogP contribution in [0.2, 0.25) is 0 Å². The van der Waals surface area contributed by atoms with E-state index in [1.807, 2.05) is 12.1 Å². The lowest BCUT2D eigenvalue weighted by atomic mass is 9.73. The summed E-state index contributed by atoms with van der Waals surface area (Å²) in [6.45, 7) is 4.51. The predicted molar refractivity (Wildman–Crippen MR) is 87.2 cm³/mol. The smallest absolute Gasteiger partial charge is 0.178 e. The Morgan fingerprint density at radius 1 is 1.29 bits per heavy atom. The van der Waals surface area contributed by atoms with Crippen molar-refractivity contribution in [1.82, 2.24) is 0 Å². The van der Waals surface area contributed by atoms with Crippen molar-refractivity contribution in [2.45, 2.75) is 50.0 Å². The Morgan fingerprint density at radius 3 is 2.48 bits per heavy atom. The first kappa shape index (κ1) is 16.3. The molecule has 5 heteroatoms. The van der Waals surface area contributed by atoms with Crippen molar-refractivity contribution >= 4 is 15.5 Å². The molecule has 0 aromatic heterocycles. The minimum absolute atomic E-state index is 0.0661. The van der Waals surface area contributed by atoms with Crippen molar-refractivity contribution in [3.8, 4) is 0 Å². The first-order chi connectivity index (χ1) is 9.93. The Hall–Kier alpha value is -1.07. The molecule has 1 aromatic rings. The summed E-state index contributed by atoms with van der Waals surface area (Å²) in [7, 11) is -3.13. The first-order valence-electron chi connectivity index (χ1n) is 7.74. The lowest BCUT2D eigenvalue weighted by molar-refractivity contribution is 0.235. The molecule has 4 nitrogen and oxygen atoms in total. The second-order valence-electron chi connectivity index (χ2n) is 6.06. The van der Waals surface area contributed by atoms with Gasteiger partial charge in [0.25, 0.3) is 0 Å². The van der Waals surface area contributed by atoms with E-state index in [-0.39, 0.29) is 11.3 Å². The normalized spacial score (nSPS) is 26.5. The molecule has 1 aliphatic carbocycles. The Kier molecular flexibility index (Phi) is 4.94. The van der Waals surface area contributed by atoms with Crippen molar-refractivity contribution in [2.75, 3.05) is 17.6 Å². The van der Waals surface area contributed by atoms with Crippen molar-refractivity contribution in [3.63, 3.8) is 0 Å². The van der Waals surface area contributed by atoms with Gasteiger partial charge in [-0.05, 0) is 43.0 Å². The fraction of sp³-hybridized carbons (Fsp3) is 0.625. The fourth-order valence-electron chi connectivity index (χ4n) is 3.15. The summed E-state index contributed by atoms with van der Waals surface area (Å²) in [5, 5.41) is 3.57. The molecule has 1 aromatic carbocycles. The van der Waals surface area contributed by atoms with Crippen LogP contribution in [0.5, 0.6) is 0 Å². The van der Waals surface area contributed by atoms with E-state index in [0.717, 1.165) is 12.1 Å². The second-order valence-corrected chi connectivity index (χ2v) is 8.34. The standard InChI is InChI=1S/C16H26N2O2S/c1-3-21(19,20)15-9-7-14(8-10-15)18-16(12-17)11-5-4-6-13(16)2/h7-10,13,18H,3-6,11-12,17H2,1-2H3. The van der Waals surface area contributed by atoms with E-state index in [1.54, 1.807) is 19.1 Å². The molecular weight excluding hydrogens is 284 g/mol. The number of anilines is 1. The topological polar surface area (TPSA) is 72.2 Å². The highest BCUT2D eigenvalue weighted by molar-refractivity contribution is 7.91. The number of nitrogens with two attached hydrogens (primary N) is 1. The quantitative estimate of drug-likeness (QED) is 0.877. The number of sulfone groups is 1. The van der Waals surface area contributed by atoms with Crippen LogP contribution in [0.3, 0.4) is 0 Å². The highest BCUT2D eigenvalue weighted by Crippen LogP contribution is 2.35. The van der Waals surface area contributed by atoms with Gasteiger partial charge in [0.05, 0.1) is 16.2 Å². The molecule has 118 valence electrons. The maximum absolute atomic E-state index is 11.8. The van der Waals surface area contributed by atoms with Gasteiger partial charge in [-0.25, -0.2) is 8.42 Å². The van der Waals surface area contributed by atoms with E-state index in [4.69, 9.17) is 5.73 Å². The van der Waals surface area contributed by atoms with E-state index in [2.05, 4.69) is 12.2 Å². The van der Waals surface area contributed by atoms with Gasteiger partial charge >= 0.3 is 0 Å². The summed E-state index contributed by atoms with van der Waals surface area (Å²) in [5.41, 5.74) is 6.92. The lowest BCUT2D eigenvalue weighted by Crippen LogP contribution is -2.52. The van der Waals surface area contributed by atoms with Crippen LogP contribution in [0.1, 0.15) is 39.5 Å². The van der Waals surface area contributed by atoms with Crippen molar-refractivity contribution in [2.24, 2.45) is 11.7 Å². The molecule has 0 radical (unpaired) electrons. The van der Waals surface area contributed by atoms with Gasteiger partial charge in [0.15, 0.2) is 9.84 Å². The van der Waals surface area contributed by atoms with Gasteiger partial charge in [0.1, 0.15) is 0 Å². The van der Waals surface area contributed by atoms with Crippen LogP contribution in [0, 0.1) is 5.92 Å². The summed E-state index contributed by atoms with van der Waals surface area (Å²) < 4.78 is 23.7. The monoisotopic (exact) mass is 310 g/mol. The zero-order valence-electron chi connectivity index (χ0n) is 12.9. The molecule has 0 saturated heterocycles. The minimum atomic E-state index is -3.13. The zero-order chi connectivity index (χ0) is 15.5. The number of rotatable bonds is 5. The molecule has 2 atom stereocenters. The molecule has 2 unspecified atom stereocenters. The molecule has 0 bridgehead atoms. The van der Waals surface area contributed by atoms with Crippen molar-refractivity contribution in [1.29, 1.82) is 0 Å². The summed E-state index contributed by atoms with van der Waals surface area (Å²) in [6, 6.07) is 7.06. The van der Waals surface area contributed by atoms with Gasteiger partial charge in [-0.1, -0.05) is 26.7 Å². The summed E-state index contributed by atoms with van der Waals surface area (Å²) >= 11 is 0. The lowest BCUT2D eigenvalue weighted by Gasteiger charge is -2.43. The molecular formula is C16H26N2O2S. The molecule has 0 spiro atoms. The highest BCUT2D eigenvalue weighted by atomic mass is 32.2. The molecule has 1 fully saturated rings. The number of benzene rings is 1. The predicted octanol–water partition coefficient (Wildman–Crippen LogP) is 2.80. The van der Waals surface area contributed by atoms with Gasteiger partial charge in [0, 0.05) is 12.2 Å². The van der Waals surface area contributed by atoms with Gasteiger partial charge in [-0.2, -0.15) is 0 Å². The van der Waals surface area contributed by atoms with Crippen LogP contribution in [-0.4, -0.2) is 26.3 Å². The Labute approximate surface area is 128 Å². The number of hydrogen-bond donors (Lipinski definition) is 2. The molecule has 1 saturated carbocycles. The van der Waals surface area contributed by atoms with E-state index in [9.17, 15) is 8.42 Å². The second kappa shape index (κ2) is 6.36. The Balaban J connectivity index is 2.19. The highest BCUT2D eigenvalue weighted by Gasteiger charge is 2.36. The van der Waals surface area contributed by atoms with E-state index in [1.165, 1.54) is 19.3 Å². The maximum Gasteiger partial charge on any atom is 0.178 e. The fourth-order valence-corrected chi connectivity index (χ4v) is 4.04. The first-order valence-corrected chi connectivity index (χ1v) is 9.40. The summed E-state index contributed by atoms with van der Waals surface area (Å²) in [5.74, 6) is 0.652.